The Morgan fingerprint density at radius 2 is 0.950 bits per heavy atom. The van der Waals surface area contributed by atoms with E-state index in [-0.39, 0.29) is 0 Å². The second kappa shape index (κ2) is 9.37. The molecule has 7 aromatic carbocycles. The standard InChI is InChI=1S/C38H25NS/c1-3-11-29(12-4-1)39(30-13-5-2-6-14-30)31-23-20-27(21-24-31)33-16-9-17-34-35-25-22-28-19-18-26-10-7-8-15-32(26)36(28)38(35)40-37(33)34/h1-25H. The van der Waals surface area contributed by atoms with Gasteiger partial charge in [0.25, 0.3) is 0 Å². The number of anilines is 3. The van der Waals surface area contributed by atoms with Crippen molar-refractivity contribution >= 4 is 70.1 Å². The quantitative estimate of drug-likeness (QED) is 0.206. The van der Waals surface area contributed by atoms with Gasteiger partial charge in [0, 0.05) is 42.6 Å². The molecule has 0 bridgehead atoms. The van der Waals surface area contributed by atoms with Crippen LogP contribution < -0.4 is 4.90 Å². The minimum Gasteiger partial charge on any atom is -0.311 e. The normalized spacial score (nSPS) is 11.5. The Morgan fingerprint density at radius 1 is 0.375 bits per heavy atom. The summed E-state index contributed by atoms with van der Waals surface area (Å²) < 4.78 is 2.71. The number of rotatable bonds is 4. The van der Waals surface area contributed by atoms with Crippen molar-refractivity contribution in [2.75, 3.05) is 4.90 Å². The molecule has 0 aliphatic carbocycles. The fraction of sp³-hybridized carbons (Fsp3) is 0. The van der Waals surface area contributed by atoms with Crippen LogP contribution in [0.5, 0.6) is 0 Å². The lowest BCUT2D eigenvalue weighted by Gasteiger charge is -2.25. The first-order chi connectivity index (χ1) is 19.8. The molecule has 2 heteroatoms. The minimum atomic E-state index is 1.14. The van der Waals surface area contributed by atoms with E-state index in [0.717, 1.165) is 17.1 Å². The molecular formula is C38H25NS. The number of hydrogen-bond donors (Lipinski definition) is 0. The van der Waals surface area contributed by atoms with Crippen molar-refractivity contribution in [2.24, 2.45) is 0 Å². The first-order valence-electron chi connectivity index (χ1n) is 13.6. The summed E-state index contributed by atoms with van der Waals surface area (Å²) in [5.41, 5.74) is 5.95. The molecular weight excluding hydrogens is 502 g/mol. The molecule has 0 aliphatic rings. The van der Waals surface area contributed by atoms with Crippen LogP contribution in [0.1, 0.15) is 0 Å². The molecule has 0 unspecified atom stereocenters. The summed E-state index contributed by atoms with van der Waals surface area (Å²) in [6, 6.07) is 54.7. The Bertz CT molecular complexity index is 2100. The van der Waals surface area contributed by atoms with Crippen LogP contribution in [0.2, 0.25) is 0 Å². The molecule has 1 aromatic heterocycles. The van der Waals surface area contributed by atoms with Crippen LogP contribution in [0.3, 0.4) is 0 Å². The summed E-state index contributed by atoms with van der Waals surface area (Å²) in [5.74, 6) is 0. The van der Waals surface area contributed by atoms with Crippen molar-refractivity contribution in [2.45, 2.75) is 0 Å². The number of benzene rings is 7. The highest BCUT2D eigenvalue weighted by Gasteiger charge is 2.16. The zero-order chi connectivity index (χ0) is 26.5. The third-order valence-corrected chi connectivity index (χ3v) is 9.11. The van der Waals surface area contributed by atoms with E-state index in [2.05, 4.69) is 157 Å². The molecule has 0 saturated carbocycles. The van der Waals surface area contributed by atoms with Crippen LogP contribution in [-0.4, -0.2) is 0 Å². The van der Waals surface area contributed by atoms with E-state index in [4.69, 9.17) is 0 Å². The van der Waals surface area contributed by atoms with Gasteiger partial charge in [-0.2, -0.15) is 0 Å². The predicted octanol–water partition coefficient (Wildman–Crippen LogP) is 11.5. The van der Waals surface area contributed by atoms with Gasteiger partial charge in [-0.05, 0) is 63.7 Å². The predicted molar refractivity (Wildman–Crippen MR) is 174 cm³/mol. The van der Waals surface area contributed by atoms with Gasteiger partial charge in [0.2, 0.25) is 0 Å². The highest BCUT2D eigenvalue weighted by molar-refractivity contribution is 7.27. The van der Waals surface area contributed by atoms with Crippen LogP contribution in [0.15, 0.2) is 152 Å². The Morgan fingerprint density at radius 3 is 1.70 bits per heavy atom. The molecule has 0 atom stereocenters. The Labute approximate surface area is 237 Å². The van der Waals surface area contributed by atoms with E-state index < -0.39 is 0 Å². The molecule has 0 saturated heterocycles. The zero-order valence-electron chi connectivity index (χ0n) is 21.8. The van der Waals surface area contributed by atoms with E-state index >= 15 is 0 Å². The van der Waals surface area contributed by atoms with Gasteiger partial charge in [-0.3, -0.25) is 0 Å². The largest absolute Gasteiger partial charge is 0.311 e. The fourth-order valence-corrected chi connectivity index (χ4v) is 7.37. The summed E-state index contributed by atoms with van der Waals surface area (Å²) in [7, 11) is 0. The van der Waals surface area contributed by atoms with E-state index in [1.165, 1.54) is 52.8 Å². The molecule has 40 heavy (non-hydrogen) atoms. The van der Waals surface area contributed by atoms with Gasteiger partial charge in [-0.1, -0.05) is 115 Å². The molecule has 0 fully saturated rings. The molecule has 0 radical (unpaired) electrons. The number of nitrogens with zero attached hydrogens (tertiary/aromatic N) is 1. The molecule has 0 amide bonds. The van der Waals surface area contributed by atoms with Crippen LogP contribution in [0.25, 0.3) is 52.8 Å². The van der Waals surface area contributed by atoms with Crippen LogP contribution in [0, 0.1) is 0 Å². The fourth-order valence-electron chi connectivity index (χ4n) is 5.96. The number of para-hydroxylation sites is 2. The number of fused-ring (bicyclic) bond motifs is 7. The average Bonchev–Trinajstić information content (AvgIpc) is 3.42. The molecule has 1 nitrogen and oxygen atoms in total. The van der Waals surface area contributed by atoms with E-state index in [1.807, 2.05) is 11.3 Å². The Hall–Kier alpha value is -4.92. The van der Waals surface area contributed by atoms with Gasteiger partial charge in [0.05, 0.1) is 0 Å². The third kappa shape index (κ3) is 3.69. The van der Waals surface area contributed by atoms with E-state index in [9.17, 15) is 0 Å². The molecule has 188 valence electrons. The molecule has 8 rings (SSSR count). The second-order valence-electron chi connectivity index (χ2n) is 10.2. The smallest absolute Gasteiger partial charge is 0.0462 e. The van der Waals surface area contributed by atoms with Gasteiger partial charge < -0.3 is 4.90 Å². The van der Waals surface area contributed by atoms with Gasteiger partial charge >= 0.3 is 0 Å². The third-order valence-electron chi connectivity index (χ3n) is 7.84. The van der Waals surface area contributed by atoms with Gasteiger partial charge in [0.15, 0.2) is 0 Å². The van der Waals surface area contributed by atoms with Crippen molar-refractivity contribution in [3.8, 4) is 11.1 Å². The lowest BCUT2D eigenvalue weighted by molar-refractivity contribution is 1.28. The van der Waals surface area contributed by atoms with Gasteiger partial charge in [0.1, 0.15) is 0 Å². The second-order valence-corrected chi connectivity index (χ2v) is 11.2. The van der Waals surface area contributed by atoms with Crippen molar-refractivity contribution in [3.63, 3.8) is 0 Å². The molecule has 0 spiro atoms. The van der Waals surface area contributed by atoms with Crippen molar-refractivity contribution < 1.29 is 0 Å². The number of hydrogen-bond acceptors (Lipinski definition) is 2. The summed E-state index contributed by atoms with van der Waals surface area (Å²) >= 11 is 1.92. The van der Waals surface area contributed by atoms with Crippen LogP contribution in [0.4, 0.5) is 17.1 Å². The maximum Gasteiger partial charge on any atom is 0.0462 e. The van der Waals surface area contributed by atoms with Gasteiger partial charge in [-0.25, -0.2) is 0 Å². The zero-order valence-corrected chi connectivity index (χ0v) is 22.6. The minimum absolute atomic E-state index is 1.14. The molecule has 1 heterocycles. The SMILES string of the molecule is c1ccc(N(c2ccccc2)c2ccc(-c3cccc4c3sc3c4ccc4ccc5ccccc5c43)cc2)cc1. The molecule has 0 aliphatic heterocycles. The summed E-state index contributed by atoms with van der Waals surface area (Å²) in [5, 5.41) is 7.93. The summed E-state index contributed by atoms with van der Waals surface area (Å²) in [6.45, 7) is 0. The summed E-state index contributed by atoms with van der Waals surface area (Å²) in [4.78, 5) is 2.31. The van der Waals surface area contributed by atoms with Crippen LogP contribution in [-0.2, 0) is 0 Å². The lowest BCUT2D eigenvalue weighted by Crippen LogP contribution is -2.09. The van der Waals surface area contributed by atoms with Crippen LogP contribution >= 0.6 is 11.3 Å². The molecule has 0 N–H and O–H groups in total. The van der Waals surface area contributed by atoms with E-state index in [0.29, 0.717) is 0 Å². The first-order valence-corrected chi connectivity index (χ1v) is 14.4. The average molecular weight is 528 g/mol. The van der Waals surface area contributed by atoms with Crippen molar-refractivity contribution in [3.05, 3.63) is 152 Å². The topological polar surface area (TPSA) is 3.24 Å². The monoisotopic (exact) mass is 527 g/mol. The van der Waals surface area contributed by atoms with Crippen molar-refractivity contribution in [1.29, 1.82) is 0 Å². The maximum absolute atomic E-state index is 2.31. The highest BCUT2D eigenvalue weighted by Crippen LogP contribution is 2.45. The first kappa shape index (κ1) is 23.0. The van der Waals surface area contributed by atoms with Crippen molar-refractivity contribution in [1.82, 2.24) is 0 Å². The Kier molecular flexibility index (Phi) is 5.39. The number of thiophene rings is 1. The van der Waals surface area contributed by atoms with E-state index in [1.54, 1.807) is 0 Å². The van der Waals surface area contributed by atoms with Gasteiger partial charge in [-0.15, -0.1) is 11.3 Å². The lowest BCUT2D eigenvalue weighted by atomic mass is 9.98. The Balaban J connectivity index is 1.29. The summed E-state index contributed by atoms with van der Waals surface area (Å²) in [6.07, 6.45) is 0. The highest BCUT2D eigenvalue weighted by atomic mass is 32.1. The maximum atomic E-state index is 2.31. The molecule has 8 aromatic rings.